The molecule has 0 aliphatic carbocycles. The van der Waals surface area contributed by atoms with Crippen LogP contribution in [0, 0.1) is 6.92 Å². The van der Waals surface area contributed by atoms with Gasteiger partial charge in [0.1, 0.15) is 24.2 Å². The number of aromatic nitrogens is 8. The Hall–Kier alpha value is -6.04. The van der Waals surface area contributed by atoms with Gasteiger partial charge in [0, 0.05) is 49.5 Å². The summed E-state index contributed by atoms with van der Waals surface area (Å²) in [6.45, 7) is 3.74. The summed E-state index contributed by atoms with van der Waals surface area (Å²) in [7, 11) is 0. The second-order valence-corrected chi connectivity index (χ2v) is 12.4. The normalized spacial score (nSPS) is 13.7. The SMILES string of the molecule is CCc1c(N2CCN(C(=O)c3ncnc(C)c3O)CC2)c(=O)n2nc(-c3cnc4[nH]ccc4c3)nc2n1CC(=O)Nc1ccc(C(F)(F)F)cc1Cl. The number of carbonyl (C=O) groups is 2. The van der Waals surface area contributed by atoms with Gasteiger partial charge in [-0.25, -0.2) is 15.0 Å². The predicted molar refractivity (Wildman–Crippen MR) is 183 cm³/mol. The molecule has 2 amide bonds. The lowest BCUT2D eigenvalue weighted by atomic mass is 10.2. The fourth-order valence-corrected chi connectivity index (χ4v) is 6.37. The van der Waals surface area contributed by atoms with Gasteiger partial charge in [0.05, 0.1) is 27.7 Å². The zero-order valence-corrected chi connectivity index (χ0v) is 28.3. The largest absolute Gasteiger partial charge is 0.504 e. The average molecular weight is 736 g/mol. The lowest BCUT2D eigenvalue weighted by molar-refractivity contribution is -0.137. The molecule has 0 atom stereocenters. The summed E-state index contributed by atoms with van der Waals surface area (Å²) in [5, 5.41) is 18.0. The molecule has 1 fully saturated rings. The van der Waals surface area contributed by atoms with Crippen LogP contribution in [0.15, 0.2) is 53.8 Å². The monoisotopic (exact) mass is 735 g/mol. The first-order chi connectivity index (χ1) is 24.8. The molecule has 0 saturated carbocycles. The maximum atomic E-state index is 14.3. The van der Waals surface area contributed by atoms with Gasteiger partial charge in [0.25, 0.3) is 11.5 Å². The molecule has 0 bridgehead atoms. The topological polar surface area (TPSA) is 180 Å². The number of hydrogen-bond acceptors (Lipinski definition) is 10. The molecule has 0 spiro atoms. The van der Waals surface area contributed by atoms with Gasteiger partial charge in [-0.3, -0.25) is 14.4 Å². The Bertz CT molecular complexity index is 2430. The van der Waals surface area contributed by atoms with Crippen molar-refractivity contribution in [3.05, 3.63) is 87.1 Å². The van der Waals surface area contributed by atoms with Crippen LogP contribution in [0.2, 0.25) is 5.02 Å². The summed E-state index contributed by atoms with van der Waals surface area (Å²) in [5.41, 5.74) is 0.458. The van der Waals surface area contributed by atoms with Gasteiger partial charge in [-0.2, -0.15) is 22.7 Å². The number of alkyl halides is 3. The molecule has 7 rings (SSSR count). The van der Waals surface area contributed by atoms with Gasteiger partial charge in [0.15, 0.2) is 17.3 Å². The average Bonchev–Trinajstić information content (AvgIpc) is 3.79. The Kier molecular flexibility index (Phi) is 8.77. The van der Waals surface area contributed by atoms with E-state index in [1.165, 1.54) is 15.8 Å². The number of nitrogens with one attached hydrogen (secondary N) is 2. The second-order valence-electron chi connectivity index (χ2n) is 12.0. The summed E-state index contributed by atoms with van der Waals surface area (Å²) < 4.78 is 42.3. The lowest BCUT2D eigenvalue weighted by Crippen LogP contribution is -2.51. The van der Waals surface area contributed by atoms with E-state index in [2.05, 4.69) is 35.3 Å². The molecule has 1 aliphatic heterocycles. The van der Waals surface area contributed by atoms with Crippen LogP contribution in [-0.4, -0.2) is 87.1 Å². The van der Waals surface area contributed by atoms with Crippen LogP contribution >= 0.6 is 11.6 Å². The lowest BCUT2D eigenvalue weighted by Gasteiger charge is -2.36. The van der Waals surface area contributed by atoms with Gasteiger partial charge < -0.3 is 29.8 Å². The van der Waals surface area contributed by atoms with Crippen molar-refractivity contribution >= 4 is 51.6 Å². The Labute approximate surface area is 296 Å². The molecule has 1 saturated heterocycles. The number of aromatic hydroxyl groups is 1. The molecule has 0 unspecified atom stereocenters. The van der Waals surface area contributed by atoms with Crippen LogP contribution in [0.1, 0.15) is 34.4 Å². The van der Waals surface area contributed by atoms with Crippen molar-refractivity contribution in [2.45, 2.75) is 33.0 Å². The number of fused-ring (bicyclic) bond motifs is 2. The summed E-state index contributed by atoms with van der Waals surface area (Å²) >= 11 is 6.12. The van der Waals surface area contributed by atoms with E-state index in [1.807, 2.05) is 6.07 Å². The smallest absolute Gasteiger partial charge is 0.416 e. The number of H-pyrrole nitrogens is 1. The molecule has 6 heterocycles. The van der Waals surface area contributed by atoms with Crippen LogP contribution in [-0.2, 0) is 23.9 Å². The van der Waals surface area contributed by atoms with Crippen molar-refractivity contribution in [3.63, 3.8) is 0 Å². The summed E-state index contributed by atoms with van der Waals surface area (Å²) in [6, 6.07) is 6.23. The fraction of sp³-hybridized carbons (Fsp3) is 0.273. The molecule has 0 radical (unpaired) electrons. The van der Waals surface area contributed by atoms with E-state index in [9.17, 15) is 32.7 Å². The van der Waals surface area contributed by atoms with Crippen LogP contribution in [0.3, 0.4) is 0 Å². The molecule has 1 aromatic carbocycles. The van der Waals surface area contributed by atoms with Gasteiger partial charge in [-0.05, 0) is 43.7 Å². The van der Waals surface area contributed by atoms with Crippen LogP contribution in [0.5, 0.6) is 5.75 Å². The highest BCUT2D eigenvalue weighted by molar-refractivity contribution is 6.33. The highest BCUT2D eigenvalue weighted by Crippen LogP contribution is 2.34. The molecule has 52 heavy (non-hydrogen) atoms. The van der Waals surface area contributed by atoms with Gasteiger partial charge >= 0.3 is 6.18 Å². The molecular weight excluding hydrogens is 707 g/mol. The Morgan fingerprint density at radius 2 is 1.85 bits per heavy atom. The number of aryl methyl sites for hydroxylation is 1. The van der Waals surface area contributed by atoms with E-state index in [1.54, 1.807) is 37.2 Å². The van der Waals surface area contributed by atoms with Gasteiger partial charge in [-0.15, -0.1) is 5.10 Å². The zero-order valence-electron chi connectivity index (χ0n) is 27.6. The van der Waals surface area contributed by atoms with E-state index in [0.717, 1.165) is 28.1 Å². The molecule has 268 valence electrons. The molecular formula is C33H29ClF3N11O4. The molecule has 3 N–H and O–H groups in total. The number of amides is 2. The van der Waals surface area contributed by atoms with Gasteiger partial charge in [0.2, 0.25) is 11.7 Å². The van der Waals surface area contributed by atoms with Crippen LogP contribution in [0.4, 0.5) is 24.5 Å². The minimum absolute atomic E-state index is 0.0336. The quantitative estimate of drug-likeness (QED) is 0.216. The van der Waals surface area contributed by atoms with Crippen molar-refractivity contribution in [1.29, 1.82) is 0 Å². The van der Waals surface area contributed by atoms with E-state index >= 15 is 0 Å². The third kappa shape index (κ3) is 6.25. The standard InChI is InChI=1S/C33H29ClF3N11O4/c1-3-23-26(45-8-10-46(11-9-45)30(51)25-27(50)17(2)40-16-41-25)31(52)48-32(43-29(44-48)19-12-18-6-7-38-28(18)39-14-19)47(23)15-24(49)42-22-5-4-20(13-21(22)34)33(35,36)37/h4-7,12-14,16,50H,3,8-11,15H2,1-2H3,(H,38,39)(H,42,49). The number of anilines is 2. The first-order valence-corrected chi connectivity index (χ1v) is 16.4. The summed E-state index contributed by atoms with van der Waals surface area (Å²) in [6.07, 6.45) is 0.124. The molecule has 6 aromatic rings. The number of hydrogen-bond donors (Lipinski definition) is 3. The van der Waals surface area contributed by atoms with Crippen molar-refractivity contribution in [2.75, 3.05) is 36.4 Å². The Balaban J connectivity index is 1.26. The first kappa shape index (κ1) is 34.4. The van der Waals surface area contributed by atoms with E-state index < -0.39 is 35.7 Å². The fourth-order valence-electron chi connectivity index (χ4n) is 6.15. The van der Waals surface area contributed by atoms with Gasteiger partial charge in [-0.1, -0.05) is 18.5 Å². The maximum absolute atomic E-state index is 14.3. The summed E-state index contributed by atoms with van der Waals surface area (Å²) in [5.74, 6) is -1.23. The summed E-state index contributed by atoms with van der Waals surface area (Å²) in [4.78, 5) is 64.3. The van der Waals surface area contributed by atoms with E-state index in [4.69, 9.17) is 11.6 Å². The number of halogens is 4. The number of pyridine rings is 1. The first-order valence-electron chi connectivity index (χ1n) is 16.0. The number of nitrogens with zero attached hydrogens (tertiary/aromatic N) is 9. The number of piperazine rings is 1. The minimum Gasteiger partial charge on any atom is -0.504 e. The van der Waals surface area contributed by atoms with Crippen molar-refractivity contribution in [2.24, 2.45) is 0 Å². The zero-order chi connectivity index (χ0) is 36.9. The number of aromatic amines is 1. The highest BCUT2D eigenvalue weighted by Gasteiger charge is 2.32. The van der Waals surface area contributed by atoms with Crippen molar-refractivity contribution in [3.8, 4) is 17.1 Å². The van der Waals surface area contributed by atoms with Crippen LogP contribution in [0.25, 0.3) is 28.2 Å². The Morgan fingerprint density at radius 1 is 1.08 bits per heavy atom. The van der Waals surface area contributed by atoms with Crippen molar-refractivity contribution < 1.29 is 27.9 Å². The second kappa shape index (κ2) is 13.3. The number of benzene rings is 1. The number of rotatable bonds is 7. The third-order valence-corrected chi connectivity index (χ3v) is 9.09. The van der Waals surface area contributed by atoms with E-state index in [0.29, 0.717) is 16.9 Å². The molecule has 15 nitrogen and oxygen atoms in total. The highest BCUT2D eigenvalue weighted by atomic mass is 35.5. The molecule has 1 aliphatic rings. The third-order valence-electron chi connectivity index (χ3n) is 8.78. The van der Waals surface area contributed by atoms with Crippen molar-refractivity contribution in [1.82, 2.24) is 44.0 Å². The predicted octanol–water partition coefficient (Wildman–Crippen LogP) is 4.07. The molecule has 19 heteroatoms. The number of carbonyl (C=O) groups excluding carboxylic acids is 2. The minimum atomic E-state index is -4.62. The van der Waals surface area contributed by atoms with Crippen LogP contribution < -0.4 is 15.8 Å². The van der Waals surface area contributed by atoms with E-state index in [-0.39, 0.29) is 77.7 Å². The Morgan fingerprint density at radius 3 is 2.56 bits per heavy atom. The maximum Gasteiger partial charge on any atom is 0.416 e. The molecule has 5 aromatic heterocycles.